The lowest BCUT2D eigenvalue weighted by molar-refractivity contribution is -0.131. The Kier molecular flexibility index (Phi) is 3.67. The summed E-state index contributed by atoms with van der Waals surface area (Å²) in [6.07, 6.45) is -0.280. The standard InChI is InChI=1S/C9H19NO3/c1-5-6(2)13-8(4-12)9(10)7(5)3-11/h5-9,11-12H,3-4,10H2,1-2H3. The van der Waals surface area contributed by atoms with E-state index in [2.05, 4.69) is 0 Å². The summed E-state index contributed by atoms with van der Waals surface area (Å²) in [4.78, 5) is 0. The van der Waals surface area contributed by atoms with E-state index in [0.717, 1.165) is 0 Å². The Morgan fingerprint density at radius 2 is 1.85 bits per heavy atom. The van der Waals surface area contributed by atoms with E-state index >= 15 is 0 Å². The first-order valence-corrected chi connectivity index (χ1v) is 4.74. The summed E-state index contributed by atoms with van der Waals surface area (Å²) in [7, 11) is 0. The van der Waals surface area contributed by atoms with Crippen LogP contribution < -0.4 is 5.73 Å². The predicted octanol–water partition coefficient (Wildman–Crippen LogP) is -0.662. The summed E-state index contributed by atoms with van der Waals surface area (Å²) >= 11 is 0. The number of rotatable bonds is 2. The minimum atomic E-state index is -0.330. The van der Waals surface area contributed by atoms with E-state index in [4.69, 9.17) is 20.7 Å². The molecule has 0 aromatic heterocycles. The molecular weight excluding hydrogens is 170 g/mol. The van der Waals surface area contributed by atoms with Crippen LogP contribution in [-0.2, 0) is 4.74 Å². The Morgan fingerprint density at radius 3 is 2.31 bits per heavy atom. The van der Waals surface area contributed by atoms with Crippen molar-refractivity contribution in [1.29, 1.82) is 0 Å². The molecule has 0 spiro atoms. The molecule has 78 valence electrons. The summed E-state index contributed by atoms with van der Waals surface area (Å²) in [5.41, 5.74) is 5.85. The van der Waals surface area contributed by atoms with E-state index in [1.807, 2.05) is 13.8 Å². The molecule has 1 aliphatic rings. The smallest absolute Gasteiger partial charge is 0.0963 e. The van der Waals surface area contributed by atoms with Crippen molar-refractivity contribution >= 4 is 0 Å². The highest BCUT2D eigenvalue weighted by Crippen LogP contribution is 2.29. The predicted molar refractivity (Wildman–Crippen MR) is 49.1 cm³/mol. The van der Waals surface area contributed by atoms with Crippen LogP contribution in [0.15, 0.2) is 0 Å². The van der Waals surface area contributed by atoms with E-state index in [0.29, 0.717) is 0 Å². The molecule has 13 heavy (non-hydrogen) atoms. The molecular formula is C9H19NO3. The van der Waals surface area contributed by atoms with Crippen LogP contribution in [-0.4, -0.2) is 41.7 Å². The highest BCUT2D eigenvalue weighted by molar-refractivity contribution is 4.90. The second-order valence-corrected chi connectivity index (χ2v) is 3.85. The van der Waals surface area contributed by atoms with Crippen molar-refractivity contribution < 1.29 is 14.9 Å². The summed E-state index contributed by atoms with van der Waals surface area (Å²) in [6.45, 7) is 3.95. The molecule has 5 atom stereocenters. The second-order valence-electron chi connectivity index (χ2n) is 3.85. The van der Waals surface area contributed by atoms with Gasteiger partial charge in [0.15, 0.2) is 0 Å². The van der Waals surface area contributed by atoms with Crippen molar-refractivity contribution in [2.24, 2.45) is 17.6 Å². The molecule has 4 nitrogen and oxygen atoms in total. The maximum atomic E-state index is 9.15. The van der Waals surface area contributed by atoms with E-state index in [1.165, 1.54) is 0 Å². The van der Waals surface area contributed by atoms with Crippen molar-refractivity contribution in [2.75, 3.05) is 13.2 Å². The maximum absolute atomic E-state index is 9.15. The molecule has 0 bridgehead atoms. The summed E-state index contributed by atoms with van der Waals surface area (Å²) in [5.74, 6) is 0.267. The third-order valence-corrected chi connectivity index (χ3v) is 3.12. The van der Waals surface area contributed by atoms with Crippen LogP contribution in [0.1, 0.15) is 13.8 Å². The summed E-state index contributed by atoms with van der Waals surface area (Å²) in [5, 5.41) is 18.1. The van der Waals surface area contributed by atoms with Crippen LogP contribution in [0.2, 0.25) is 0 Å². The topological polar surface area (TPSA) is 75.7 Å². The SMILES string of the molecule is CC1OC(CO)C(N)C(CO)C1C. The van der Waals surface area contributed by atoms with Crippen molar-refractivity contribution in [3.8, 4) is 0 Å². The fourth-order valence-corrected chi connectivity index (χ4v) is 1.92. The Hall–Kier alpha value is -0.160. The van der Waals surface area contributed by atoms with E-state index in [1.54, 1.807) is 0 Å². The van der Waals surface area contributed by atoms with Gasteiger partial charge in [-0.2, -0.15) is 0 Å². The molecule has 0 radical (unpaired) electrons. The number of hydrogen-bond donors (Lipinski definition) is 3. The van der Waals surface area contributed by atoms with Crippen LogP contribution in [0.3, 0.4) is 0 Å². The van der Waals surface area contributed by atoms with E-state index in [9.17, 15) is 0 Å². The largest absolute Gasteiger partial charge is 0.396 e. The molecule has 1 rings (SSSR count). The lowest BCUT2D eigenvalue weighted by Crippen LogP contribution is -2.56. The van der Waals surface area contributed by atoms with Gasteiger partial charge < -0.3 is 20.7 Å². The van der Waals surface area contributed by atoms with Gasteiger partial charge in [0.2, 0.25) is 0 Å². The first-order chi connectivity index (χ1) is 6.11. The van der Waals surface area contributed by atoms with Gasteiger partial charge in [0.25, 0.3) is 0 Å². The summed E-state index contributed by atoms with van der Waals surface area (Å²) < 4.78 is 5.51. The molecule has 0 aromatic rings. The third kappa shape index (κ3) is 2.02. The monoisotopic (exact) mass is 189 g/mol. The molecule has 0 aliphatic carbocycles. The van der Waals surface area contributed by atoms with Gasteiger partial charge >= 0.3 is 0 Å². The highest BCUT2D eigenvalue weighted by Gasteiger charge is 2.39. The lowest BCUT2D eigenvalue weighted by atomic mass is 9.80. The lowest BCUT2D eigenvalue weighted by Gasteiger charge is -2.42. The molecule has 0 saturated carbocycles. The molecule has 4 N–H and O–H groups in total. The third-order valence-electron chi connectivity index (χ3n) is 3.12. The Balaban J connectivity index is 2.69. The van der Waals surface area contributed by atoms with Crippen LogP contribution >= 0.6 is 0 Å². The molecule has 0 aromatic carbocycles. The normalized spacial score (nSPS) is 46.4. The summed E-state index contributed by atoms with van der Waals surface area (Å²) in [6, 6.07) is -0.263. The quantitative estimate of drug-likeness (QED) is 0.539. The van der Waals surface area contributed by atoms with Gasteiger partial charge in [-0.25, -0.2) is 0 Å². The Labute approximate surface area is 78.7 Å². The van der Waals surface area contributed by atoms with Crippen LogP contribution in [0.5, 0.6) is 0 Å². The second kappa shape index (κ2) is 4.37. The van der Waals surface area contributed by atoms with Crippen LogP contribution in [0, 0.1) is 11.8 Å². The molecule has 1 heterocycles. The number of aliphatic hydroxyl groups is 2. The van der Waals surface area contributed by atoms with Gasteiger partial charge in [-0.1, -0.05) is 6.92 Å². The maximum Gasteiger partial charge on any atom is 0.0963 e. The number of hydrogen-bond acceptors (Lipinski definition) is 4. The van der Waals surface area contributed by atoms with Crippen molar-refractivity contribution in [3.63, 3.8) is 0 Å². The van der Waals surface area contributed by atoms with E-state index in [-0.39, 0.29) is 43.3 Å². The minimum Gasteiger partial charge on any atom is -0.396 e. The van der Waals surface area contributed by atoms with Crippen molar-refractivity contribution in [1.82, 2.24) is 0 Å². The first-order valence-electron chi connectivity index (χ1n) is 4.74. The van der Waals surface area contributed by atoms with Gasteiger partial charge in [0, 0.05) is 18.6 Å². The van der Waals surface area contributed by atoms with Crippen LogP contribution in [0.25, 0.3) is 0 Å². The number of aliphatic hydroxyl groups excluding tert-OH is 2. The number of ether oxygens (including phenoxy) is 1. The van der Waals surface area contributed by atoms with Gasteiger partial charge in [0.05, 0.1) is 18.8 Å². The first kappa shape index (κ1) is 10.9. The Bertz CT molecular complexity index is 165. The molecule has 5 unspecified atom stereocenters. The Morgan fingerprint density at radius 1 is 1.23 bits per heavy atom. The molecule has 4 heteroatoms. The van der Waals surface area contributed by atoms with Crippen LogP contribution in [0.4, 0.5) is 0 Å². The zero-order valence-electron chi connectivity index (χ0n) is 8.18. The van der Waals surface area contributed by atoms with E-state index < -0.39 is 0 Å². The van der Waals surface area contributed by atoms with Crippen molar-refractivity contribution in [3.05, 3.63) is 0 Å². The van der Waals surface area contributed by atoms with Gasteiger partial charge in [-0.3, -0.25) is 0 Å². The zero-order chi connectivity index (χ0) is 10.0. The molecule has 1 aliphatic heterocycles. The average Bonchev–Trinajstić information content (AvgIpc) is 2.12. The molecule has 1 fully saturated rings. The molecule has 1 saturated heterocycles. The van der Waals surface area contributed by atoms with Crippen molar-refractivity contribution in [2.45, 2.75) is 32.1 Å². The van der Waals surface area contributed by atoms with Gasteiger partial charge in [-0.15, -0.1) is 0 Å². The highest BCUT2D eigenvalue weighted by atomic mass is 16.5. The molecule has 0 amide bonds. The zero-order valence-corrected chi connectivity index (χ0v) is 8.18. The minimum absolute atomic E-state index is 0.0286. The van der Waals surface area contributed by atoms with Gasteiger partial charge in [-0.05, 0) is 12.8 Å². The fourth-order valence-electron chi connectivity index (χ4n) is 1.92. The fraction of sp³-hybridized carbons (Fsp3) is 1.00. The van der Waals surface area contributed by atoms with Gasteiger partial charge in [0.1, 0.15) is 0 Å². The number of nitrogens with two attached hydrogens (primary N) is 1. The average molecular weight is 189 g/mol.